The number of rotatable bonds is 5. The molecule has 0 saturated carbocycles. The molecule has 3 aliphatic rings. The number of piperidine rings is 1. The molecule has 1 amide bonds. The van der Waals surface area contributed by atoms with Crippen molar-refractivity contribution >= 4 is 11.6 Å². The molecule has 3 unspecified atom stereocenters. The lowest BCUT2D eigenvalue weighted by Crippen LogP contribution is -2.44. The molecule has 4 heterocycles. The van der Waals surface area contributed by atoms with Gasteiger partial charge in [0.2, 0.25) is 5.91 Å². The molecule has 3 aliphatic heterocycles. The zero-order valence-electron chi connectivity index (χ0n) is 22.6. The lowest BCUT2D eigenvalue weighted by Gasteiger charge is -2.43. The van der Waals surface area contributed by atoms with Gasteiger partial charge in [-0.1, -0.05) is 48.5 Å². The van der Waals surface area contributed by atoms with Gasteiger partial charge in [-0.3, -0.25) is 14.7 Å². The predicted molar refractivity (Wildman–Crippen MR) is 156 cm³/mol. The second-order valence-electron chi connectivity index (χ2n) is 11.4. The van der Waals surface area contributed by atoms with Crippen molar-refractivity contribution in [2.75, 3.05) is 5.32 Å². The summed E-state index contributed by atoms with van der Waals surface area (Å²) < 4.78 is 6.43. The van der Waals surface area contributed by atoms with E-state index in [-0.39, 0.29) is 17.6 Å². The summed E-state index contributed by atoms with van der Waals surface area (Å²) in [5.41, 5.74) is 6.04. The SMILES string of the molecule is CC(=O)Nc1ccccc1-c1ccc2c(c1)Oc1c(O)cccc1C2C1CC2CCC(C1)N2Cc1ccccn1. The van der Waals surface area contributed by atoms with Crippen molar-refractivity contribution < 1.29 is 14.6 Å². The minimum atomic E-state index is -0.107. The first-order valence-corrected chi connectivity index (χ1v) is 14.2. The number of pyridine rings is 1. The zero-order valence-corrected chi connectivity index (χ0v) is 22.6. The van der Waals surface area contributed by atoms with Crippen molar-refractivity contribution in [2.45, 2.75) is 57.2 Å². The third-order valence-electron chi connectivity index (χ3n) is 8.93. The highest BCUT2D eigenvalue weighted by Crippen LogP contribution is 2.55. The Morgan fingerprint density at radius 1 is 0.975 bits per heavy atom. The summed E-state index contributed by atoms with van der Waals surface area (Å²) in [6.07, 6.45) is 6.53. The lowest BCUT2D eigenvalue weighted by molar-refractivity contribution is -0.114. The van der Waals surface area contributed by atoms with Crippen molar-refractivity contribution in [1.29, 1.82) is 0 Å². The minimum Gasteiger partial charge on any atom is -0.504 e. The van der Waals surface area contributed by atoms with E-state index in [1.807, 2.05) is 42.6 Å². The number of nitrogens with one attached hydrogen (secondary N) is 1. The number of carbonyl (C=O) groups is 1. The Morgan fingerprint density at radius 2 is 1.77 bits per heavy atom. The Bertz CT molecular complexity index is 1560. The first kappa shape index (κ1) is 24.9. The van der Waals surface area contributed by atoms with Crippen LogP contribution in [0.2, 0.25) is 0 Å². The summed E-state index contributed by atoms with van der Waals surface area (Å²) in [4.78, 5) is 19.1. The van der Waals surface area contributed by atoms with Crippen LogP contribution in [0.4, 0.5) is 5.69 Å². The minimum absolute atomic E-state index is 0.107. The number of aromatic hydroxyl groups is 1. The Hall–Kier alpha value is -4.16. The summed E-state index contributed by atoms with van der Waals surface area (Å²) in [6, 6.07) is 27.2. The third kappa shape index (κ3) is 4.42. The van der Waals surface area contributed by atoms with Gasteiger partial charge < -0.3 is 15.2 Å². The van der Waals surface area contributed by atoms with E-state index < -0.39 is 0 Å². The molecule has 1 aromatic heterocycles. The van der Waals surface area contributed by atoms with E-state index in [0.29, 0.717) is 23.8 Å². The molecule has 0 aliphatic carbocycles. The summed E-state index contributed by atoms with van der Waals surface area (Å²) in [5.74, 6) is 1.99. The van der Waals surface area contributed by atoms with E-state index in [1.165, 1.54) is 25.3 Å². The predicted octanol–water partition coefficient (Wildman–Crippen LogP) is 7.09. The van der Waals surface area contributed by atoms with Gasteiger partial charge in [0.1, 0.15) is 5.75 Å². The standard InChI is InChI=1S/C34H33N3O3/c1-21(38)36-30-10-3-2-8-27(30)22-12-15-28-32(19-22)40-34-29(9-6-11-31(34)39)33(28)23-17-25-13-14-26(18-23)37(25)20-24-7-4-5-16-35-24/h2-12,15-16,19,23,25-26,33,39H,13-14,17-18,20H2,1H3,(H,36,38). The molecule has 202 valence electrons. The molecule has 4 aromatic rings. The third-order valence-corrected chi connectivity index (χ3v) is 8.93. The molecule has 0 radical (unpaired) electrons. The maximum atomic E-state index is 11.8. The first-order chi connectivity index (χ1) is 19.5. The van der Waals surface area contributed by atoms with Crippen LogP contribution in [0.15, 0.2) is 85.1 Å². The van der Waals surface area contributed by atoms with Gasteiger partial charge >= 0.3 is 0 Å². The number of phenolic OH excluding ortho intramolecular Hbond substituents is 1. The number of nitrogens with zero attached hydrogens (tertiary/aromatic N) is 2. The Kier molecular flexibility index (Phi) is 6.28. The van der Waals surface area contributed by atoms with E-state index in [9.17, 15) is 9.90 Å². The van der Waals surface area contributed by atoms with Gasteiger partial charge in [0.25, 0.3) is 0 Å². The van der Waals surface area contributed by atoms with Crippen LogP contribution < -0.4 is 10.1 Å². The van der Waals surface area contributed by atoms with E-state index in [1.54, 1.807) is 6.07 Å². The van der Waals surface area contributed by atoms with Crippen molar-refractivity contribution in [3.8, 4) is 28.4 Å². The number of hydrogen-bond donors (Lipinski definition) is 2. The van der Waals surface area contributed by atoms with Crippen molar-refractivity contribution in [2.24, 2.45) is 5.92 Å². The maximum absolute atomic E-state index is 11.8. The van der Waals surface area contributed by atoms with Crippen LogP contribution in [0.5, 0.6) is 17.2 Å². The molecule has 6 heteroatoms. The number of phenols is 1. The van der Waals surface area contributed by atoms with Crippen molar-refractivity contribution in [3.05, 3.63) is 102 Å². The summed E-state index contributed by atoms with van der Waals surface area (Å²) in [6.45, 7) is 2.42. The lowest BCUT2D eigenvalue weighted by atomic mass is 9.72. The number of ether oxygens (including phenoxy) is 1. The molecular formula is C34H33N3O3. The molecule has 6 nitrogen and oxygen atoms in total. The van der Waals surface area contributed by atoms with Crippen LogP contribution in [-0.4, -0.2) is 33.0 Å². The second kappa shape index (κ2) is 10.1. The maximum Gasteiger partial charge on any atom is 0.221 e. The fourth-order valence-corrected chi connectivity index (χ4v) is 7.29. The van der Waals surface area contributed by atoms with Gasteiger partial charge in [-0.05, 0) is 67.5 Å². The van der Waals surface area contributed by atoms with Gasteiger partial charge in [-0.25, -0.2) is 0 Å². The molecule has 7 rings (SSSR count). The molecule has 2 N–H and O–H groups in total. The first-order valence-electron chi connectivity index (χ1n) is 14.2. The molecule has 0 spiro atoms. The summed E-state index contributed by atoms with van der Waals surface area (Å²) >= 11 is 0. The van der Waals surface area contributed by atoms with Crippen LogP contribution in [0, 0.1) is 5.92 Å². The Balaban J connectivity index is 1.24. The van der Waals surface area contributed by atoms with Crippen molar-refractivity contribution in [1.82, 2.24) is 9.88 Å². The van der Waals surface area contributed by atoms with Crippen LogP contribution >= 0.6 is 0 Å². The Morgan fingerprint density at radius 3 is 2.55 bits per heavy atom. The number of anilines is 1. The van der Waals surface area contributed by atoms with Crippen LogP contribution in [-0.2, 0) is 11.3 Å². The number of carbonyl (C=O) groups excluding carboxylic acids is 1. The molecule has 3 atom stereocenters. The number of fused-ring (bicyclic) bond motifs is 4. The van der Waals surface area contributed by atoms with Gasteiger partial charge in [-0.15, -0.1) is 0 Å². The average molecular weight is 532 g/mol. The molecule has 2 fully saturated rings. The fraction of sp³-hybridized carbons (Fsp3) is 0.294. The Labute approximate surface area is 234 Å². The van der Waals surface area contributed by atoms with Crippen molar-refractivity contribution in [3.63, 3.8) is 0 Å². The fourth-order valence-electron chi connectivity index (χ4n) is 7.29. The number of hydrogen-bond acceptors (Lipinski definition) is 5. The van der Waals surface area contributed by atoms with E-state index in [4.69, 9.17) is 4.74 Å². The zero-order chi connectivity index (χ0) is 27.2. The van der Waals surface area contributed by atoms with Gasteiger partial charge in [0.15, 0.2) is 11.5 Å². The molecular weight excluding hydrogens is 498 g/mol. The van der Waals surface area contributed by atoms with E-state index in [2.05, 4.69) is 51.6 Å². The monoisotopic (exact) mass is 531 g/mol. The average Bonchev–Trinajstić information content (AvgIpc) is 3.18. The smallest absolute Gasteiger partial charge is 0.221 e. The highest BCUT2D eigenvalue weighted by molar-refractivity contribution is 5.94. The number of benzene rings is 3. The number of para-hydroxylation sites is 2. The van der Waals surface area contributed by atoms with E-state index >= 15 is 0 Å². The van der Waals surface area contributed by atoms with Crippen LogP contribution in [0.1, 0.15) is 55.3 Å². The molecule has 40 heavy (non-hydrogen) atoms. The van der Waals surface area contributed by atoms with Crippen LogP contribution in [0.3, 0.4) is 0 Å². The molecule has 3 aromatic carbocycles. The highest BCUT2D eigenvalue weighted by atomic mass is 16.5. The second-order valence-corrected chi connectivity index (χ2v) is 11.4. The number of amides is 1. The largest absolute Gasteiger partial charge is 0.504 e. The summed E-state index contributed by atoms with van der Waals surface area (Å²) in [7, 11) is 0. The molecule has 2 bridgehead atoms. The van der Waals surface area contributed by atoms with E-state index in [0.717, 1.165) is 53.2 Å². The quantitative estimate of drug-likeness (QED) is 0.288. The van der Waals surface area contributed by atoms with Gasteiger partial charge in [0.05, 0.1) is 5.69 Å². The molecule has 2 saturated heterocycles. The normalized spacial score (nSPS) is 23.1. The van der Waals surface area contributed by atoms with Gasteiger partial charge in [0, 0.05) is 60.0 Å². The van der Waals surface area contributed by atoms with Crippen LogP contribution in [0.25, 0.3) is 11.1 Å². The number of aromatic nitrogens is 1. The topological polar surface area (TPSA) is 74.7 Å². The van der Waals surface area contributed by atoms with Gasteiger partial charge in [-0.2, -0.15) is 0 Å². The highest BCUT2D eigenvalue weighted by Gasteiger charge is 2.45. The summed E-state index contributed by atoms with van der Waals surface area (Å²) in [5, 5.41) is 13.8.